The molecule has 8 nitrogen and oxygen atoms in total. The first kappa shape index (κ1) is 16.8. The lowest BCUT2D eigenvalue weighted by Crippen LogP contribution is -2.07. The number of imidazole rings is 1. The number of rotatable bonds is 7. The van der Waals surface area contributed by atoms with Crippen LogP contribution in [0.15, 0.2) is 24.3 Å². The number of nitrogens with zero attached hydrogens (tertiary/aromatic N) is 4. The molecule has 25 heavy (non-hydrogen) atoms. The molecule has 0 aliphatic heterocycles. The molecular weight excluding hydrogens is 322 g/mol. The number of phenolic OH excluding ortho intramolecular Hbond substituents is 1. The molecule has 3 N–H and O–H groups in total. The minimum atomic E-state index is 0.212. The smallest absolute Gasteiger partial charge is 0.320 e. The number of ether oxygens (including phenoxy) is 2. The van der Waals surface area contributed by atoms with Crippen molar-refractivity contribution in [1.29, 1.82) is 0 Å². The molecule has 0 aliphatic rings. The molecule has 0 bridgehead atoms. The Balaban J connectivity index is 2.00. The van der Waals surface area contributed by atoms with Crippen LogP contribution in [0.25, 0.3) is 11.2 Å². The Hall–Kier alpha value is -3.03. The molecule has 3 aromatic rings. The minimum absolute atomic E-state index is 0.212. The molecule has 0 atom stereocenters. The average molecular weight is 343 g/mol. The molecule has 0 aliphatic carbocycles. The van der Waals surface area contributed by atoms with Crippen molar-refractivity contribution in [1.82, 2.24) is 19.5 Å². The van der Waals surface area contributed by atoms with Gasteiger partial charge in [0.05, 0.1) is 20.3 Å². The van der Waals surface area contributed by atoms with Gasteiger partial charge in [-0.3, -0.25) is 4.57 Å². The number of aromatic nitrogens is 4. The van der Waals surface area contributed by atoms with E-state index in [4.69, 9.17) is 15.2 Å². The molecule has 0 saturated carbocycles. The Morgan fingerprint density at radius 1 is 1.16 bits per heavy atom. The van der Waals surface area contributed by atoms with Gasteiger partial charge in [-0.25, -0.2) is 0 Å². The highest BCUT2D eigenvalue weighted by Crippen LogP contribution is 2.26. The topological polar surface area (TPSA) is 108 Å². The number of benzene rings is 1. The van der Waals surface area contributed by atoms with Gasteiger partial charge in [-0.15, -0.1) is 0 Å². The summed E-state index contributed by atoms with van der Waals surface area (Å²) >= 11 is 0. The molecule has 3 rings (SSSR count). The van der Waals surface area contributed by atoms with Gasteiger partial charge in [0.2, 0.25) is 0 Å². The molecular formula is C17H21N5O3. The van der Waals surface area contributed by atoms with Crippen molar-refractivity contribution in [2.24, 2.45) is 0 Å². The van der Waals surface area contributed by atoms with Crippen molar-refractivity contribution in [2.45, 2.75) is 26.3 Å². The first-order valence-corrected chi connectivity index (χ1v) is 8.10. The summed E-state index contributed by atoms with van der Waals surface area (Å²) < 4.78 is 12.7. The van der Waals surface area contributed by atoms with Crippen molar-refractivity contribution in [3.63, 3.8) is 0 Å². The maximum absolute atomic E-state index is 9.43. The summed E-state index contributed by atoms with van der Waals surface area (Å²) in [7, 11) is 1.54. The minimum Gasteiger partial charge on any atom is -0.508 e. The van der Waals surface area contributed by atoms with E-state index in [0.717, 1.165) is 18.4 Å². The van der Waals surface area contributed by atoms with E-state index in [0.29, 0.717) is 30.3 Å². The van der Waals surface area contributed by atoms with E-state index in [1.165, 1.54) is 7.11 Å². The predicted molar refractivity (Wildman–Crippen MR) is 93.9 cm³/mol. The largest absolute Gasteiger partial charge is 0.508 e. The summed E-state index contributed by atoms with van der Waals surface area (Å²) in [5.41, 5.74) is 7.99. The predicted octanol–water partition coefficient (Wildman–Crippen LogP) is 2.35. The van der Waals surface area contributed by atoms with Gasteiger partial charge in [0.1, 0.15) is 5.75 Å². The zero-order valence-electron chi connectivity index (χ0n) is 14.3. The molecule has 0 fully saturated rings. The number of aromatic hydroxyl groups is 1. The second kappa shape index (κ2) is 7.25. The Morgan fingerprint density at radius 2 is 1.92 bits per heavy atom. The maximum Gasteiger partial charge on any atom is 0.320 e. The lowest BCUT2D eigenvalue weighted by Gasteiger charge is -2.09. The first-order chi connectivity index (χ1) is 12.1. The van der Waals surface area contributed by atoms with Gasteiger partial charge >= 0.3 is 6.01 Å². The summed E-state index contributed by atoms with van der Waals surface area (Å²) in [6, 6.07) is 7.52. The number of nitrogen functional groups attached to an aromatic ring is 1. The van der Waals surface area contributed by atoms with E-state index in [-0.39, 0.29) is 17.6 Å². The van der Waals surface area contributed by atoms with E-state index < -0.39 is 0 Å². The first-order valence-electron chi connectivity index (χ1n) is 8.10. The number of anilines is 1. The third kappa shape index (κ3) is 3.57. The third-order valence-corrected chi connectivity index (χ3v) is 3.75. The van der Waals surface area contributed by atoms with Crippen LogP contribution in [0.2, 0.25) is 0 Å². The van der Waals surface area contributed by atoms with Gasteiger partial charge in [-0.05, 0) is 24.1 Å². The highest BCUT2D eigenvalue weighted by Gasteiger charge is 2.18. The highest BCUT2D eigenvalue weighted by molar-refractivity contribution is 5.83. The normalized spacial score (nSPS) is 11.0. The maximum atomic E-state index is 9.43. The number of hydrogen-bond acceptors (Lipinski definition) is 7. The van der Waals surface area contributed by atoms with Crippen molar-refractivity contribution in [3.8, 4) is 17.8 Å². The molecule has 0 amide bonds. The number of unbranched alkanes of at least 4 members (excludes halogenated alkanes) is 1. The van der Waals surface area contributed by atoms with Crippen LogP contribution in [0.3, 0.4) is 0 Å². The van der Waals surface area contributed by atoms with Crippen molar-refractivity contribution < 1.29 is 14.6 Å². The summed E-state index contributed by atoms with van der Waals surface area (Å²) in [5.74, 6) is 0.462. The lowest BCUT2D eigenvalue weighted by atomic mass is 10.2. The zero-order chi connectivity index (χ0) is 17.8. The molecule has 0 radical (unpaired) electrons. The van der Waals surface area contributed by atoms with Crippen LogP contribution in [-0.4, -0.2) is 38.3 Å². The second-order valence-corrected chi connectivity index (χ2v) is 5.62. The molecule has 2 aromatic heterocycles. The summed E-state index contributed by atoms with van der Waals surface area (Å²) in [6.07, 6.45) is 1.93. The summed E-state index contributed by atoms with van der Waals surface area (Å²) in [5, 5.41) is 9.43. The number of methoxy groups -OCH3 is 1. The summed E-state index contributed by atoms with van der Waals surface area (Å²) in [6.45, 7) is 3.08. The van der Waals surface area contributed by atoms with E-state index >= 15 is 0 Å². The van der Waals surface area contributed by atoms with Crippen LogP contribution in [0.4, 0.5) is 5.82 Å². The van der Waals surface area contributed by atoms with Gasteiger partial charge in [-0.1, -0.05) is 25.5 Å². The van der Waals surface area contributed by atoms with Crippen molar-refractivity contribution >= 4 is 17.0 Å². The van der Waals surface area contributed by atoms with Gasteiger partial charge in [0.25, 0.3) is 6.01 Å². The standard InChI is InChI=1S/C17H21N5O3/c1-3-4-9-25-16-20-14(18)13-15(21-16)22(17(19-13)24-2)10-11-5-7-12(23)8-6-11/h5-8,23H,3-4,9-10H2,1-2H3,(H2,18,20,21). The number of fused-ring (bicyclic) bond motifs is 1. The van der Waals surface area contributed by atoms with E-state index in [2.05, 4.69) is 21.9 Å². The van der Waals surface area contributed by atoms with Gasteiger partial charge in [0, 0.05) is 0 Å². The Labute approximate surface area is 145 Å². The average Bonchev–Trinajstić information content (AvgIpc) is 2.95. The lowest BCUT2D eigenvalue weighted by molar-refractivity contribution is 0.286. The number of phenols is 1. The van der Waals surface area contributed by atoms with Crippen LogP contribution in [-0.2, 0) is 6.54 Å². The monoisotopic (exact) mass is 343 g/mol. The van der Waals surface area contributed by atoms with Gasteiger partial charge < -0.3 is 20.3 Å². The fourth-order valence-corrected chi connectivity index (χ4v) is 2.44. The molecule has 2 heterocycles. The Kier molecular flexibility index (Phi) is 4.87. The molecule has 0 saturated heterocycles. The third-order valence-electron chi connectivity index (χ3n) is 3.75. The Bertz CT molecular complexity index is 861. The van der Waals surface area contributed by atoms with Crippen LogP contribution in [0.5, 0.6) is 17.8 Å². The zero-order valence-corrected chi connectivity index (χ0v) is 14.3. The summed E-state index contributed by atoms with van der Waals surface area (Å²) in [4.78, 5) is 13.0. The molecule has 8 heteroatoms. The SMILES string of the molecule is CCCCOc1nc(N)c2nc(OC)n(Cc3ccc(O)cc3)c2n1. The highest BCUT2D eigenvalue weighted by atomic mass is 16.5. The van der Waals surface area contributed by atoms with Gasteiger partial charge in [-0.2, -0.15) is 15.0 Å². The van der Waals surface area contributed by atoms with Crippen LogP contribution in [0.1, 0.15) is 25.3 Å². The number of hydrogen-bond donors (Lipinski definition) is 2. The second-order valence-electron chi connectivity index (χ2n) is 5.62. The molecule has 132 valence electrons. The van der Waals surface area contributed by atoms with E-state index in [9.17, 15) is 5.11 Å². The quantitative estimate of drug-likeness (QED) is 0.634. The molecule has 0 unspecified atom stereocenters. The van der Waals surface area contributed by atoms with E-state index in [1.807, 2.05) is 12.1 Å². The fourth-order valence-electron chi connectivity index (χ4n) is 2.44. The van der Waals surface area contributed by atoms with Crippen LogP contribution in [0, 0.1) is 0 Å². The fraction of sp³-hybridized carbons (Fsp3) is 0.353. The van der Waals surface area contributed by atoms with Crippen LogP contribution >= 0.6 is 0 Å². The van der Waals surface area contributed by atoms with Gasteiger partial charge in [0.15, 0.2) is 17.0 Å². The number of nitrogens with two attached hydrogens (primary N) is 1. The van der Waals surface area contributed by atoms with Crippen molar-refractivity contribution in [2.75, 3.05) is 19.5 Å². The van der Waals surface area contributed by atoms with E-state index in [1.54, 1.807) is 16.7 Å². The Morgan fingerprint density at radius 3 is 2.60 bits per heavy atom. The molecule has 0 spiro atoms. The molecule has 1 aromatic carbocycles. The van der Waals surface area contributed by atoms with Crippen molar-refractivity contribution in [3.05, 3.63) is 29.8 Å². The van der Waals surface area contributed by atoms with Crippen LogP contribution < -0.4 is 15.2 Å².